The highest BCUT2D eigenvalue weighted by Crippen LogP contribution is 2.38. The highest BCUT2D eigenvalue weighted by Gasteiger charge is 2.13. The number of ether oxygens (including phenoxy) is 3. The predicted molar refractivity (Wildman–Crippen MR) is 60.6 cm³/mol. The summed E-state index contributed by atoms with van der Waals surface area (Å²) in [5, 5.41) is 0. The molecule has 0 aliphatic rings. The third-order valence-electron chi connectivity index (χ3n) is 2.00. The molecule has 5 heteroatoms. The van der Waals surface area contributed by atoms with Gasteiger partial charge < -0.3 is 14.2 Å². The van der Waals surface area contributed by atoms with Gasteiger partial charge in [0.2, 0.25) is 5.75 Å². The zero-order valence-electron chi connectivity index (χ0n) is 9.26. The molecule has 0 aliphatic heterocycles. The lowest BCUT2D eigenvalue weighted by molar-refractivity contribution is 0.247. The smallest absolute Gasteiger partial charge is 0.203 e. The van der Waals surface area contributed by atoms with E-state index in [2.05, 4.69) is 0 Å². The lowest BCUT2D eigenvalue weighted by Crippen LogP contribution is -2.03. The summed E-state index contributed by atoms with van der Waals surface area (Å²) in [7, 11) is 3.02. The van der Waals surface area contributed by atoms with E-state index in [0.717, 1.165) is 5.56 Å². The maximum Gasteiger partial charge on any atom is 0.203 e. The van der Waals surface area contributed by atoms with Crippen molar-refractivity contribution in [3.05, 3.63) is 17.7 Å². The number of halogens is 2. The molecule has 16 heavy (non-hydrogen) atoms. The predicted octanol–water partition coefficient (Wildman–Crippen LogP) is 2.79. The van der Waals surface area contributed by atoms with Crippen LogP contribution in [-0.2, 0) is 5.88 Å². The lowest BCUT2D eigenvalue weighted by Gasteiger charge is -2.14. The van der Waals surface area contributed by atoms with Gasteiger partial charge in [0.25, 0.3) is 0 Å². The highest BCUT2D eigenvalue weighted by atomic mass is 35.5. The molecule has 0 spiro atoms. The average molecular weight is 249 g/mol. The number of hydrogen-bond donors (Lipinski definition) is 0. The molecule has 0 unspecified atom stereocenters. The van der Waals surface area contributed by atoms with Crippen molar-refractivity contribution in [2.45, 2.75) is 5.88 Å². The van der Waals surface area contributed by atoms with Crippen LogP contribution in [0.3, 0.4) is 0 Å². The van der Waals surface area contributed by atoms with Gasteiger partial charge in [-0.05, 0) is 17.7 Å². The monoisotopic (exact) mass is 248 g/mol. The summed E-state index contributed by atoms with van der Waals surface area (Å²) < 4.78 is 27.6. The number of benzene rings is 1. The molecule has 0 heterocycles. The zero-order valence-corrected chi connectivity index (χ0v) is 10.0. The van der Waals surface area contributed by atoms with Crippen molar-refractivity contribution in [2.24, 2.45) is 0 Å². The van der Waals surface area contributed by atoms with Crippen LogP contribution < -0.4 is 14.2 Å². The number of alkyl halides is 2. The van der Waals surface area contributed by atoms with Crippen molar-refractivity contribution < 1.29 is 18.6 Å². The molecular weight excluding hydrogens is 235 g/mol. The summed E-state index contributed by atoms with van der Waals surface area (Å²) in [4.78, 5) is 0. The third kappa shape index (κ3) is 2.92. The molecule has 0 atom stereocenters. The molecule has 0 aromatic heterocycles. The SMILES string of the molecule is COc1cc(CCl)cc(OC)c1OCCF. The molecule has 0 saturated carbocycles. The second-order valence-electron chi connectivity index (χ2n) is 3.00. The fourth-order valence-electron chi connectivity index (χ4n) is 1.29. The molecule has 1 aromatic rings. The lowest BCUT2D eigenvalue weighted by atomic mass is 10.2. The minimum absolute atomic E-state index is 0.0348. The largest absolute Gasteiger partial charge is 0.493 e. The van der Waals surface area contributed by atoms with E-state index in [1.165, 1.54) is 14.2 Å². The topological polar surface area (TPSA) is 27.7 Å². The molecule has 0 amide bonds. The maximum absolute atomic E-state index is 12.1. The zero-order chi connectivity index (χ0) is 12.0. The van der Waals surface area contributed by atoms with Gasteiger partial charge in [0.15, 0.2) is 11.5 Å². The van der Waals surface area contributed by atoms with Crippen molar-refractivity contribution in [1.82, 2.24) is 0 Å². The van der Waals surface area contributed by atoms with Crippen molar-refractivity contribution in [3.8, 4) is 17.2 Å². The Hall–Kier alpha value is -1.16. The van der Waals surface area contributed by atoms with Crippen LogP contribution in [0.2, 0.25) is 0 Å². The van der Waals surface area contributed by atoms with E-state index in [-0.39, 0.29) is 6.61 Å². The average Bonchev–Trinajstić information content (AvgIpc) is 2.35. The third-order valence-corrected chi connectivity index (χ3v) is 2.31. The van der Waals surface area contributed by atoms with Crippen molar-refractivity contribution in [3.63, 3.8) is 0 Å². The Kier molecular flexibility index (Phi) is 5.19. The number of methoxy groups -OCH3 is 2. The van der Waals surface area contributed by atoms with E-state index < -0.39 is 6.67 Å². The van der Waals surface area contributed by atoms with Gasteiger partial charge >= 0.3 is 0 Å². The summed E-state index contributed by atoms with van der Waals surface area (Å²) >= 11 is 5.73. The van der Waals surface area contributed by atoms with Crippen molar-refractivity contribution in [1.29, 1.82) is 0 Å². The first-order chi connectivity index (χ1) is 7.76. The fraction of sp³-hybridized carbons (Fsp3) is 0.455. The van der Waals surface area contributed by atoms with Crippen LogP contribution >= 0.6 is 11.6 Å². The van der Waals surface area contributed by atoms with E-state index in [0.29, 0.717) is 23.1 Å². The summed E-state index contributed by atoms with van der Waals surface area (Å²) in [6, 6.07) is 3.48. The minimum Gasteiger partial charge on any atom is -0.493 e. The van der Waals surface area contributed by atoms with Gasteiger partial charge in [0.05, 0.1) is 14.2 Å². The Balaban J connectivity index is 3.09. The Labute approximate surface area is 99.1 Å². The second-order valence-corrected chi connectivity index (χ2v) is 3.27. The normalized spacial score (nSPS) is 10.0. The summed E-state index contributed by atoms with van der Waals surface area (Å²) in [5.74, 6) is 1.72. The first-order valence-electron chi connectivity index (χ1n) is 4.76. The number of hydrogen-bond acceptors (Lipinski definition) is 3. The Morgan fingerprint density at radius 1 is 1.19 bits per heavy atom. The van der Waals surface area contributed by atoms with Crippen LogP contribution in [-0.4, -0.2) is 27.5 Å². The van der Waals surface area contributed by atoms with Crippen LogP contribution in [0.1, 0.15) is 5.56 Å². The van der Waals surface area contributed by atoms with Crippen LogP contribution in [0.4, 0.5) is 4.39 Å². The molecule has 0 radical (unpaired) electrons. The first kappa shape index (κ1) is 12.9. The molecule has 0 fully saturated rings. The molecule has 3 nitrogen and oxygen atoms in total. The first-order valence-corrected chi connectivity index (χ1v) is 5.29. The van der Waals surface area contributed by atoms with E-state index in [9.17, 15) is 4.39 Å². The summed E-state index contributed by atoms with van der Waals surface area (Å²) in [5.41, 5.74) is 0.850. The molecule has 90 valence electrons. The summed E-state index contributed by atoms with van der Waals surface area (Å²) in [6.45, 7) is -0.601. The molecule has 0 aliphatic carbocycles. The van der Waals surface area contributed by atoms with Gasteiger partial charge in [-0.25, -0.2) is 4.39 Å². The van der Waals surface area contributed by atoms with Gasteiger partial charge in [0.1, 0.15) is 13.3 Å². The summed E-state index contributed by atoms with van der Waals surface area (Å²) in [6.07, 6.45) is 0. The van der Waals surface area contributed by atoms with E-state index >= 15 is 0 Å². The molecule has 0 saturated heterocycles. The Morgan fingerprint density at radius 2 is 1.75 bits per heavy atom. The molecule has 0 N–H and O–H groups in total. The van der Waals surface area contributed by atoms with Crippen LogP contribution in [0, 0.1) is 0 Å². The van der Waals surface area contributed by atoms with Gasteiger partial charge in [-0.1, -0.05) is 0 Å². The maximum atomic E-state index is 12.1. The molecule has 1 rings (SSSR count). The van der Waals surface area contributed by atoms with Crippen molar-refractivity contribution in [2.75, 3.05) is 27.5 Å². The van der Waals surface area contributed by atoms with Crippen LogP contribution in [0.25, 0.3) is 0 Å². The van der Waals surface area contributed by atoms with E-state index in [1.54, 1.807) is 12.1 Å². The van der Waals surface area contributed by atoms with E-state index in [4.69, 9.17) is 25.8 Å². The fourth-order valence-corrected chi connectivity index (χ4v) is 1.45. The van der Waals surface area contributed by atoms with Gasteiger partial charge in [-0.15, -0.1) is 11.6 Å². The number of rotatable bonds is 6. The molecule has 0 bridgehead atoms. The Bertz CT molecular complexity index is 319. The van der Waals surface area contributed by atoms with Crippen LogP contribution in [0.15, 0.2) is 12.1 Å². The van der Waals surface area contributed by atoms with E-state index in [1.807, 2.05) is 0 Å². The molecule has 1 aromatic carbocycles. The van der Waals surface area contributed by atoms with Gasteiger partial charge in [-0.2, -0.15) is 0 Å². The second kappa shape index (κ2) is 6.43. The van der Waals surface area contributed by atoms with Gasteiger partial charge in [0, 0.05) is 5.88 Å². The van der Waals surface area contributed by atoms with Gasteiger partial charge in [-0.3, -0.25) is 0 Å². The van der Waals surface area contributed by atoms with Crippen LogP contribution in [0.5, 0.6) is 17.2 Å². The standard InChI is InChI=1S/C11H14ClFO3/c1-14-9-5-8(7-12)6-10(15-2)11(9)16-4-3-13/h5-6H,3-4,7H2,1-2H3. The van der Waals surface area contributed by atoms with Crippen molar-refractivity contribution >= 4 is 11.6 Å². The Morgan fingerprint density at radius 3 is 2.12 bits per heavy atom. The quantitative estimate of drug-likeness (QED) is 0.725. The minimum atomic E-state index is -0.566. The molecular formula is C11H14ClFO3. The highest BCUT2D eigenvalue weighted by molar-refractivity contribution is 6.17.